The quantitative estimate of drug-likeness (QED) is 0.656. The molecule has 0 unspecified atom stereocenters. The van der Waals surface area contributed by atoms with Crippen molar-refractivity contribution in [2.24, 2.45) is 5.84 Å². The molecule has 19 heavy (non-hydrogen) atoms. The van der Waals surface area contributed by atoms with E-state index in [0.717, 1.165) is 42.6 Å². The zero-order valence-electron chi connectivity index (χ0n) is 10.4. The zero-order valence-corrected chi connectivity index (χ0v) is 11.2. The van der Waals surface area contributed by atoms with Gasteiger partial charge >= 0.3 is 0 Å². The van der Waals surface area contributed by atoms with E-state index in [4.69, 9.17) is 10.6 Å². The van der Waals surface area contributed by atoms with E-state index in [0.29, 0.717) is 5.13 Å². The number of ether oxygens (including phenoxy) is 1. The Morgan fingerprint density at radius 1 is 1.37 bits per heavy atom. The molecule has 1 aromatic heterocycles. The van der Waals surface area contributed by atoms with E-state index < -0.39 is 0 Å². The SMILES string of the molecule is NNc1nnc(CN2CCCOc3ccccc32)s1. The maximum Gasteiger partial charge on any atom is 0.219 e. The Bertz CT molecular complexity index is 559. The van der Waals surface area contributed by atoms with Crippen LogP contribution in [0.5, 0.6) is 5.75 Å². The lowest BCUT2D eigenvalue weighted by molar-refractivity contribution is 0.322. The van der Waals surface area contributed by atoms with Gasteiger partial charge in [0, 0.05) is 6.54 Å². The lowest BCUT2D eigenvalue weighted by Crippen LogP contribution is -2.23. The Balaban J connectivity index is 1.83. The number of hydrazine groups is 1. The zero-order chi connectivity index (χ0) is 13.1. The number of nitrogens with one attached hydrogen (secondary N) is 1. The van der Waals surface area contributed by atoms with Crippen LogP contribution in [0.4, 0.5) is 10.8 Å². The maximum atomic E-state index is 5.74. The molecule has 0 saturated heterocycles. The van der Waals surface area contributed by atoms with Crippen LogP contribution in [0.1, 0.15) is 11.4 Å². The van der Waals surface area contributed by atoms with Crippen LogP contribution in [0.3, 0.4) is 0 Å². The van der Waals surface area contributed by atoms with Crippen LogP contribution in [0, 0.1) is 0 Å². The van der Waals surface area contributed by atoms with Crippen molar-refractivity contribution in [3.63, 3.8) is 0 Å². The molecular formula is C12H15N5OS. The average Bonchev–Trinajstić information content (AvgIpc) is 2.80. The summed E-state index contributed by atoms with van der Waals surface area (Å²) in [6.07, 6.45) is 0.996. The van der Waals surface area contributed by atoms with Crippen LogP contribution in [-0.2, 0) is 6.54 Å². The van der Waals surface area contributed by atoms with Crippen molar-refractivity contribution in [2.75, 3.05) is 23.5 Å². The van der Waals surface area contributed by atoms with Crippen molar-refractivity contribution >= 4 is 22.2 Å². The molecule has 0 saturated carbocycles. The number of nitrogens with zero attached hydrogens (tertiary/aromatic N) is 3. The first kappa shape index (κ1) is 12.2. The molecule has 0 radical (unpaired) electrons. The van der Waals surface area contributed by atoms with E-state index in [-0.39, 0.29) is 0 Å². The molecule has 0 spiro atoms. The van der Waals surface area contributed by atoms with Gasteiger partial charge in [-0.25, -0.2) is 5.84 Å². The molecule has 0 fully saturated rings. The molecule has 0 bridgehead atoms. The largest absolute Gasteiger partial charge is 0.491 e. The maximum absolute atomic E-state index is 5.74. The van der Waals surface area contributed by atoms with Gasteiger partial charge in [0.2, 0.25) is 5.13 Å². The second kappa shape index (κ2) is 5.41. The Morgan fingerprint density at radius 3 is 3.11 bits per heavy atom. The fourth-order valence-corrected chi connectivity index (χ4v) is 2.77. The molecule has 1 aromatic carbocycles. The number of rotatable bonds is 3. The van der Waals surface area contributed by atoms with Crippen LogP contribution in [-0.4, -0.2) is 23.3 Å². The molecule has 1 aliphatic heterocycles. The highest BCUT2D eigenvalue weighted by Gasteiger charge is 2.17. The number of hydrogen-bond acceptors (Lipinski definition) is 7. The molecule has 1 aliphatic rings. The average molecular weight is 277 g/mol. The van der Waals surface area contributed by atoms with Gasteiger partial charge < -0.3 is 9.64 Å². The summed E-state index contributed by atoms with van der Waals surface area (Å²) in [4.78, 5) is 2.27. The lowest BCUT2D eigenvalue weighted by Gasteiger charge is -2.22. The first-order chi connectivity index (χ1) is 9.36. The number of fused-ring (bicyclic) bond motifs is 1. The molecule has 0 atom stereocenters. The van der Waals surface area contributed by atoms with E-state index in [2.05, 4.69) is 26.6 Å². The minimum absolute atomic E-state index is 0.634. The molecule has 7 heteroatoms. The number of benzene rings is 1. The van der Waals surface area contributed by atoms with E-state index >= 15 is 0 Å². The second-order valence-electron chi connectivity index (χ2n) is 4.24. The fraction of sp³-hybridized carbons (Fsp3) is 0.333. The Kier molecular flexibility index (Phi) is 3.47. The van der Waals surface area contributed by atoms with E-state index in [1.165, 1.54) is 11.3 Å². The topological polar surface area (TPSA) is 76.3 Å². The molecule has 3 N–H and O–H groups in total. The summed E-state index contributed by atoms with van der Waals surface area (Å²) >= 11 is 1.47. The summed E-state index contributed by atoms with van der Waals surface area (Å²) in [6, 6.07) is 8.08. The van der Waals surface area contributed by atoms with Crippen molar-refractivity contribution in [1.82, 2.24) is 10.2 Å². The molecule has 2 heterocycles. The normalized spacial score (nSPS) is 14.5. The van der Waals surface area contributed by atoms with Crippen LogP contribution in [0.15, 0.2) is 24.3 Å². The van der Waals surface area contributed by atoms with Crippen LogP contribution >= 0.6 is 11.3 Å². The summed E-state index contributed by atoms with van der Waals surface area (Å²) in [6.45, 7) is 2.42. The van der Waals surface area contributed by atoms with Crippen molar-refractivity contribution in [1.29, 1.82) is 0 Å². The fourth-order valence-electron chi connectivity index (χ4n) is 2.10. The summed E-state index contributed by atoms with van der Waals surface area (Å²) in [5, 5.41) is 9.65. The van der Waals surface area contributed by atoms with Gasteiger partial charge in [0.25, 0.3) is 0 Å². The molecule has 3 rings (SSSR count). The third kappa shape index (κ3) is 2.61. The predicted octanol–water partition coefficient (Wildman–Crippen LogP) is 1.61. The first-order valence-corrected chi connectivity index (χ1v) is 6.94. The monoisotopic (exact) mass is 277 g/mol. The first-order valence-electron chi connectivity index (χ1n) is 6.12. The van der Waals surface area contributed by atoms with Crippen molar-refractivity contribution < 1.29 is 4.74 Å². The standard InChI is InChI=1S/C12H15N5OS/c13-14-12-16-15-11(19-12)8-17-6-3-7-18-10-5-2-1-4-9(10)17/h1-2,4-5H,3,6-8,13H2,(H,14,16). The predicted molar refractivity (Wildman–Crippen MR) is 75.3 cm³/mol. The summed E-state index contributed by atoms with van der Waals surface area (Å²) in [7, 11) is 0. The summed E-state index contributed by atoms with van der Waals surface area (Å²) in [5.74, 6) is 6.25. The third-order valence-electron chi connectivity index (χ3n) is 2.95. The number of hydrogen-bond donors (Lipinski definition) is 2. The van der Waals surface area contributed by atoms with Crippen molar-refractivity contribution in [2.45, 2.75) is 13.0 Å². The highest BCUT2D eigenvalue weighted by molar-refractivity contribution is 7.15. The van der Waals surface area contributed by atoms with Gasteiger partial charge in [-0.3, -0.25) is 5.43 Å². The van der Waals surface area contributed by atoms with E-state index in [1.54, 1.807) is 0 Å². The van der Waals surface area contributed by atoms with Gasteiger partial charge in [0.1, 0.15) is 10.8 Å². The number of nitrogens with two attached hydrogens (primary N) is 1. The molecular weight excluding hydrogens is 262 g/mol. The molecule has 2 aromatic rings. The summed E-state index contributed by atoms with van der Waals surface area (Å²) in [5.41, 5.74) is 3.63. The smallest absolute Gasteiger partial charge is 0.219 e. The highest BCUT2D eigenvalue weighted by atomic mass is 32.1. The van der Waals surface area contributed by atoms with Gasteiger partial charge in [0.05, 0.1) is 18.8 Å². The second-order valence-corrected chi connectivity index (χ2v) is 5.30. The molecule has 6 nitrogen and oxygen atoms in total. The minimum atomic E-state index is 0.634. The van der Waals surface area contributed by atoms with Crippen molar-refractivity contribution in [3.05, 3.63) is 29.3 Å². The summed E-state index contributed by atoms with van der Waals surface area (Å²) < 4.78 is 5.74. The number of nitrogen functional groups attached to an aromatic ring is 1. The number of anilines is 2. The third-order valence-corrected chi connectivity index (χ3v) is 3.79. The van der Waals surface area contributed by atoms with Gasteiger partial charge in [-0.05, 0) is 18.6 Å². The van der Waals surface area contributed by atoms with Gasteiger partial charge in [0.15, 0.2) is 0 Å². The van der Waals surface area contributed by atoms with Crippen LogP contribution < -0.4 is 20.9 Å². The molecule has 0 aliphatic carbocycles. The van der Waals surface area contributed by atoms with E-state index in [1.807, 2.05) is 18.2 Å². The highest BCUT2D eigenvalue weighted by Crippen LogP contribution is 2.32. The van der Waals surface area contributed by atoms with Crippen LogP contribution in [0.2, 0.25) is 0 Å². The lowest BCUT2D eigenvalue weighted by atomic mass is 10.2. The molecule has 0 amide bonds. The van der Waals surface area contributed by atoms with Gasteiger partial charge in [-0.2, -0.15) is 0 Å². The Morgan fingerprint density at radius 2 is 2.26 bits per heavy atom. The Hall–Kier alpha value is -1.86. The Labute approximate surface area is 115 Å². The van der Waals surface area contributed by atoms with Crippen molar-refractivity contribution in [3.8, 4) is 5.75 Å². The number of para-hydroxylation sites is 2. The van der Waals surface area contributed by atoms with Gasteiger partial charge in [-0.1, -0.05) is 23.5 Å². The number of aromatic nitrogens is 2. The van der Waals surface area contributed by atoms with E-state index in [9.17, 15) is 0 Å². The van der Waals surface area contributed by atoms with Crippen LogP contribution in [0.25, 0.3) is 0 Å². The molecule has 100 valence electrons. The minimum Gasteiger partial charge on any atom is -0.491 e. The van der Waals surface area contributed by atoms with Gasteiger partial charge in [-0.15, -0.1) is 10.2 Å².